The second-order valence-corrected chi connectivity index (χ2v) is 9.23. The Kier molecular flexibility index (Phi) is 7.81. The number of hydrogen-bond donors (Lipinski definition) is 4. The number of rotatable bonds is 8. The fourth-order valence-corrected chi connectivity index (χ4v) is 3.56. The van der Waals surface area contributed by atoms with Crippen LogP contribution in [0.3, 0.4) is 0 Å². The van der Waals surface area contributed by atoms with Crippen molar-refractivity contribution >= 4 is 22.7 Å². The lowest BCUT2D eigenvalue weighted by atomic mass is 9.85. The number of nitrogens with zero attached hydrogens (tertiary/aromatic N) is 2. The highest BCUT2D eigenvalue weighted by molar-refractivity contribution is 6.06. The van der Waals surface area contributed by atoms with Gasteiger partial charge < -0.3 is 20.8 Å². The maximum absolute atomic E-state index is 14.8. The molecule has 0 aliphatic heterocycles. The molecule has 2 aromatic carbocycles. The van der Waals surface area contributed by atoms with E-state index >= 15 is 0 Å². The molecule has 8 nitrogen and oxygen atoms in total. The van der Waals surface area contributed by atoms with Gasteiger partial charge in [0.05, 0.1) is 25.8 Å². The molecule has 4 N–H and O–H groups in total. The molecule has 11 heteroatoms. The molecule has 0 aliphatic carbocycles. The predicted octanol–water partition coefficient (Wildman–Crippen LogP) is 2.12. The van der Waals surface area contributed by atoms with Crippen molar-refractivity contribution in [2.75, 3.05) is 13.2 Å². The van der Waals surface area contributed by atoms with Gasteiger partial charge in [0.25, 0.3) is 5.91 Å². The van der Waals surface area contributed by atoms with Crippen molar-refractivity contribution in [1.29, 1.82) is 0 Å². The highest BCUT2D eigenvalue weighted by Crippen LogP contribution is 2.26. The van der Waals surface area contributed by atoms with Gasteiger partial charge in [-0.15, -0.1) is 0 Å². The molecule has 0 bridgehead atoms. The van der Waals surface area contributed by atoms with E-state index in [9.17, 15) is 33.0 Å². The smallest absolute Gasteiger partial charge is 0.273 e. The maximum atomic E-state index is 14.8. The van der Waals surface area contributed by atoms with E-state index in [1.54, 1.807) is 20.8 Å². The van der Waals surface area contributed by atoms with Gasteiger partial charge in [-0.05, 0) is 35.2 Å². The first-order chi connectivity index (χ1) is 16.5. The molecule has 1 heterocycles. The quantitative estimate of drug-likeness (QED) is 0.385. The summed E-state index contributed by atoms with van der Waals surface area (Å²) in [6, 6.07) is 5.40. The number of hydrogen-bond acceptors (Lipinski definition) is 5. The number of aliphatic hydroxyl groups is 2. The van der Waals surface area contributed by atoms with Crippen molar-refractivity contribution < 1.29 is 33.0 Å². The Hall–Kier alpha value is -3.44. The van der Waals surface area contributed by atoms with E-state index in [4.69, 9.17) is 0 Å². The van der Waals surface area contributed by atoms with E-state index in [0.29, 0.717) is 5.56 Å². The number of fused-ring (bicyclic) bond motifs is 1. The number of carbonyl (C=O) groups excluding carboxylic acids is 2. The van der Waals surface area contributed by atoms with Gasteiger partial charge in [0.1, 0.15) is 17.4 Å². The Bertz CT molecular complexity index is 1220. The summed E-state index contributed by atoms with van der Waals surface area (Å²) in [6.07, 6.45) is 0. The van der Waals surface area contributed by atoms with E-state index in [0.717, 1.165) is 10.7 Å². The number of aromatic nitrogens is 2. The molecule has 1 aromatic heterocycles. The van der Waals surface area contributed by atoms with E-state index in [2.05, 4.69) is 15.7 Å². The standard InChI is InChI=1S/C24H27F3N4O4/c1-24(2,3)21(23(35)28-15(11-32)12-33)29-22(34)19-16-8-9-17(26)18(27)20(16)31(30-19)10-13-4-6-14(25)7-5-13/h4-9,15,21,32-33H,10-12H2,1-3H3,(H,28,35)(H,29,34)/t21-/m1/s1. The Balaban J connectivity index is 1.99. The largest absolute Gasteiger partial charge is 0.394 e. The summed E-state index contributed by atoms with van der Waals surface area (Å²) in [6.45, 7) is 4.02. The van der Waals surface area contributed by atoms with Gasteiger partial charge >= 0.3 is 0 Å². The number of halogens is 3. The zero-order valence-electron chi connectivity index (χ0n) is 19.5. The fourth-order valence-electron chi connectivity index (χ4n) is 3.56. The van der Waals surface area contributed by atoms with Crippen LogP contribution in [0.15, 0.2) is 36.4 Å². The minimum atomic E-state index is -1.20. The summed E-state index contributed by atoms with van der Waals surface area (Å²) in [5.41, 5.74) is -0.739. The highest BCUT2D eigenvalue weighted by Gasteiger charge is 2.35. The number of carbonyl (C=O) groups is 2. The fraction of sp³-hybridized carbons (Fsp3) is 0.375. The number of amides is 2. The third kappa shape index (κ3) is 5.80. The topological polar surface area (TPSA) is 116 Å². The molecule has 188 valence electrons. The Morgan fingerprint density at radius 2 is 1.63 bits per heavy atom. The molecule has 0 aliphatic rings. The van der Waals surface area contributed by atoms with Crippen LogP contribution in [0, 0.1) is 22.9 Å². The number of nitrogens with one attached hydrogen (secondary N) is 2. The summed E-state index contributed by atoms with van der Waals surface area (Å²) in [7, 11) is 0. The molecule has 35 heavy (non-hydrogen) atoms. The highest BCUT2D eigenvalue weighted by atomic mass is 19.2. The monoisotopic (exact) mass is 492 g/mol. The van der Waals surface area contributed by atoms with Crippen LogP contribution >= 0.6 is 0 Å². The molecule has 0 saturated carbocycles. The van der Waals surface area contributed by atoms with Crippen molar-refractivity contribution in [3.05, 3.63) is 65.1 Å². The van der Waals surface area contributed by atoms with Crippen LogP contribution in [-0.2, 0) is 11.3 Å². The van der Waals surface area contributed by atoms with Gasteiger partial charge in [0.15, 0.2) is 17.3 Å². The second kappa shape index (κ2) is 10.4. The van der Waals surface area contributed by atoms with Gasteiger partial charge in [0.2, 0.25) is 5.91 Å². The van der Waals surface area contributed by atoms with E-state index < -0.39 is 60.0 Å². The van der Waals surface area contributed by atoms with Crippen LogP contribution < -0.4 is 10.6 Å². The van der Waals surface area contributed by atoms with Crippen molar-refractivity contribution in [2.45, 2.75) is 39.4 Å². The van der Waals surface area contributed by atoms with Crippen molar-refractivity contribution in [3.63, 3.8) is 0 Å². The first kappa shape index (κ1) is 26.2. The van der Waals surface area contributed by atoms with Crippen molar-refractivity contribution in [3.8, 4) is 0 Å². The van der Waals surface area contributed by atoms with Crippen molar-refractivity contribution in [2.24, 2.45) is 5.41 Å². The van der Waals surface area contributed by atoms with Gasteiger partial charge in [-0.1, -0.05) is 32.9 Å². The Labute approximate surface area is 199 Å². The summed E-state index contributed by atoms with van der Waals surface area (Å²) < 4.78 is 43.2. The van der Waals surface area contributed by atoms with Crippen molar-refractivity contribution in [1.82, 2.24) is 20.4 Å². The summed E-state index contributed by atoms with van der Waals surface area (Å²) in [5, 5.41) is 27.8. The average Bonchev–Trinajstić information content (AvgIpc) is 3.17. The third-order valence-electron chi connectivity index (χ3n) is 5.45. The second-order valence-electron chi connectivity index (χ2n) is 9.23. The minimum absolute atomic E-state index is 0.0279. The number of aliphatic hydroxyl groups excluding tert-OH is 2. The molecule has 0 spiro atoms. The molecular formula is C24H27F3N4O4. The zero-order chi connectivity index (χ0) is 25.9. The number of benzene rings is 2. The third-order valence-corrected chi connectivity index (χ3v) is 5.45. The molecule has 0 fully saturated rings. The first-order valence-corrected chi connectivity index (χ1v) is 10.9. The van der Waals surface area contributed by atoms with Crippen LogP contribution in [0.1, 0.15) is 36.8 Å². The van der Waals surface area contributed by atoms with Crippen LogP contribution in [0.25, 0.3) is 10.9 Å². The molecule has 0 unspecified atom stereocenters. The van der Waals surface area contributed by atoms with Crippen LogP contribution in [0.5, 0.6) is 0 Å². The van der Waals surface area contributed by atoms with E-state index in [-0.39, 0.29) is 23.1 Å². The van der Waals surface area contributed by atoms with Crippen LogP contribution in [0.2, 0.25) is 0 Å². The van der Waals surface area contributed by atoms with E-state index in [1.165, 1.54) is 30.3 Å². The lowest BCUT2D eigenvalue weighted by Gasteiger charge is -2.31. The summed E-state index contributed by atoms with van der Waals surface area (Å²) in [5.74, 6) is -4.25. The van der Waals surface area contributed by atoms with Gasteiger partial charge in [-0.2, -0.15) is 5.10 Å². The lowest BCUT2D eigenvalue weighted by Crippen LogP contribution is -2.56. The molecule has 2 amide bonds. The summed E-state index contributed by atoms with van der Waals surface area (Å²) in [4.78, 5) is 26.0. The molecule has 0 radical (unpaired) electrons. The van der Waals surface area contributed by atoms with E-state index in [1.807, 2.05) is 0 Å². The maximum Gasteiger partial charge on any atom is 0.273 e. The average molecular weight is 492 g/mol. The SMILES string of the molecule is CC(C)(C)[C@H](NC(=O)c1nn(Cc2ccc(F)cc2)c2c(F)c(F)ccc12)C(=O)NC(CO)CO. The Morgan fingerprint density at radius 3 is 2.20 bits per heavy atom. The van der Waals surface area contributed by atoms with Gasteiger partial charge in [-0.3, -0.25) is 14.3 Å². The lowest BCUT2D eigenvalue weighted by molar-refractivity contribution is -0.126. The van der Waals surface area contributed by atoms with Gasteiger partial charge in [0, 0.05) is 5.39 Å². The molecule has 3 rings (SSSR count). The van der Waals surface area contributed by atoms with Crippen LogP contribution in [-0.4, -0.2) is 57.1 Å². The Morgan fingerprint density at radius 1 is 1.00 bits per heavy atom. The molecule has 1 atom stereocenters. The summed E-state index contributed by atoms with van der Waals surface area (Å²) >= 11 is 0. The predicted molar refractivity (Wildman–Crippen MR) is 122 cm³/mol. The zero-order valence-corrected chi connectivity index (χ0v) is 19.5. The normalized spacial score (nSPS) is 12.7. The van der Waals surface area contributed by atoms with Gasteiger partial charge in [-0.25, -0.2) is 13.2 Å². The minimum Gasteiger partial charge on any atom is -0.394 e. The van der Waals surface area contributed by atoms with Crippen LogP contribution in [0.4, 0.5) is 13.2 Å². The molecule has 0 saturated heterocycles. The first-order valence-electron chi connectivity index (χ1n) is 10.9. The molecular weight excluding hydrogens is 465 g/mol. The molecule has 3 aromatic rings.